The Kier molecular flexibility index (Phi) is 4.03. The van der Waals surface area contributed by atoms with Crippen LogP contribution in [0.3, 0.4) is 0 Å². The topological polar surface area (TPSA) is 68.3 Å². The van der Waals surface area contributed by atoms with Crippen LogP contribution in [0.2, 0.25) is 0 Å². The maximum atomic E-state index is 12.8. The van der Waals surface area contributed by atoms with E-state index in [4.69, 9.17) is 0 Å². The van der Waals surface area contributed by atoms with Crippen LogP contribution in [-0.2, 0) is 19.7 Å². The molecule has 4 nitrogen and oxygen atoms in total. The molecule has 0 aromatic heterocycles. The summed E-state index contributed by atoms with van der Waals surface area (Å²) in [6, 6.07) is 0. The standard InChI is InChI=1S/C6H10F4O4S2/c1-15(11,12)3-5(7,8)6(9,10)4-16(2,13)14/h3-4H2,1-2H3. The Labute approximate surface area is 90.5 Å². The Bertz CT molecular complexity index is 407. The molecule has 0 aromatic carbocycles. The second-order valence-corrected chi connectivity index (χ2v) is 7.83. The first-order valence-corrected chi connectivity index (χ1v) is 7.89. The molecule has 0 radical (unpaired) electrons. The Morgan fingerprint density at radius 2 is 0.938 bits per heavy atom. The van der Waals surface area contributed by atoms with Crippen molar-refractivity contribution in [2.45, 2.75) is 11.8 Å². The summed E-state index contributed by atoms with van der Waals surface area (Å²) < 4.78 is 93.3. The van der Waals surface area contributed by atoms with Crippen molar-refractivity contribution in [1.82, 2.24) is 0 Å². The van der Waals surface area contributed by atoms with Gasteiger partial charge in [-0.05, 0) is 0 Å². The fourth-order valence-corrected chi connectivity index (χ4v) is 2.61. The smallest absolute Gasteiger partial charge is 0.229 e. The average molecular weight is 286 g/mol. The first kappa shape index (κ1) is 15.6. The molecule has 0 bridgehead atoms. The van der Waals surface area contributed by atoms with Gasteiger partial charge in [-0.1, -0.05) is 0 Å². The molecule has 0 aliphatic rings. The number of halogens is 4. The van der Waals surface area contributed by atoms with Crippen LogP contribution in [-0.4, -0.2) is 52.7 Å². The van der Waals surface area contributed by atoms with Crippen molar-refractivity contribution in [3.63, 3.8) is 0 Å². The summed E-state index contributed by atoms with van der Waals surface area (Å²) >= 11 is 0. The van der Waals surface area contributed by atoms with Crippen molar-refractivity contribution in [1.29, 1.82) is 0 Å². The number of hydrogen-bond donors (Lipinski definition) is 0. The summed E-state index contributed by atoms with van der Waals surface area (Å²) in [7, 11) is -8.69. The van der Waals surface area contributed by atoms with E-state index in [1.165, 1.54) is 0 Å². The van der Waals surface area contributed by atoms with Crippen molar-refractivity contribution >= 4 is 19.7 Å². The van der Waals surface area contributed by atoms with E-state index in [0.717, 1.165) is 0 Å². The minimum atomic E-state index is -4.91. The van der Waals surface area contributed by atoms with Gasteiger partial charge in [0.1, 0.15) is 11.5 Å². The maximum Gasteiger partial charge on any atom is 0.324 e. The molecule has 0 aromatic rings. The lowest BCUT2D eigenvalue weighted by Gasteiger charge is -2.24. The van der Waals surface area contributed by atoms with Gasteiger partial charge in [-0.15, -0.1) is 0 Å². The largest absolute Gasteiger partial charge is 0.324 e. The molecule has 10 heteroatoms. The van der Waals surface area contributed by atoms with Gasteiger partial charge in [-0.3, -0.25) is 0 Å². The van der Waals surface area contributed by atoms with Crippen molar-refractivity contribution < 1.29 is 34.4 Å². The van der Waals surface area contributed by atoms with Gasteiger partial charge in [0.15, 0.2) is 19.7 Å². The van der Waals surface area contributed by atoms with Crippen molar-refractivity contribution in [2.24, 2.45) is 0 Å². The molecule has 0 fully saturated rings. The lowest BCUT2D eigenvalue weighted by atomic mass is 10.2. The van der Waals surface area contributed by atoms with Crippen LogP contribution in [0.15, 0.2) is 0 Å². The minimum Gasteiger partial charge on any atom is -0.229 e. The summed E-state index contributed by atoms with van der Waals surface area (Å²) in [5.74, 6) is -14.0. The molecule has 0 N–H and O–H groups in total. The predicted molar refractivity (Wildman–Crippen MR) is 49.3 cm³/mol. The molecule has 0 rings (SSSR count). The van der Waals surface area contributed by atoms with E-state index in [-0.39, 0.29) is 0 Å². The van der Waals surface area contributed by atoms with Crippen molar-refractivity contribution in [3.05, 3.63) is 0 Å². The Morgan fingerprint density at radius 3 is 1.06 bits per heavy atom. The average Bonchev–Trinajstić information content (AvgIpc) is 1.72. The molecule has 0 saturated heterocycles. The first-order valence-electron chi connectivity index (χ1n) is 3.77. The van der Waals surface area contributed by atoms with E-state index in [2.05, 4.69) is 0 Å². The molecule has 0 aliphatic heterocycles. The molecule has 0 aliphatic carbocycles. The predicted octanol–water partition coefficient (Wildman–Crippen LogP) is 0.346. The van der Waals surface area contributed by atoms with Gasteiger partial charge in [-0.2, -0.15) is 17.6 Å². The third kappa shape index (κ3) is 5.10. The highest BCUT2D eigenvalue weighted by Gasteiger charge is 2.59. The second kappa shape index (κ2) is 4.13. The quantitative estimate of drug-likeness (QED) is 0.684. The monoisotopic (exact) mass is 286 g/mol. The molecule has 16 heavy (non-hydrogen) atoms. The van der Waals surface area contributed by atoms with E-state index in [1.54, 1.807) is 0 Å². The van der Waals surface area contributed by atoms with Crippen molar-refractivity contribution in [2.75, 3.05) is 24.0 Å². The third-order valence-corrected chi connectivity index (χ3v) is 3.20. The van der Waals surface area contributed by atoms with Crippen LogP contribution in [0, 0.1) is 0 Å². The molecular weight excluding hydrogens is 276 g/mol. The molecule has 0 unspecified atom stereocenters. The highest BCUT2D eigenvalue weighted by atomic mass is 32.2. The van der Waals surface area contributed by atoms with E-state index in [9.17, 15) is 34.4 Å². The minimum absolute atomic E-state index is 0.359. The summed E-state index contributed by atoms with van der Waals surface area (Å²) in [6.45, 7) is 0. The molecular formula is C6H10F4O4S2. The Hall–Kier alpha value is -0.380. The third-order valence-electron chi connectivity index (χ3n) is 1.42. The lowest BCUT2D eigenvalue weighted by molar-refractivity contribution is -0.180. The highest BCUT2D eigenvalue weighted by molar-refractivity contribution is 7.91. The van der Waals surface area contributed by atoms with Crippen LogP contribution in [0.1, 0.15) is 0 Å². The molecule has 98 valence electrons. The molecule has 0 saturated carbocycles. The first-order chi connectivity index (χ1) is 6.66. The fourth-order valence-electron chi connectivity index (χ4n) is 0.870. The number of rotatable bonds is 5. The van der Waals surface area contributed by atoms with Crippen LogP contribution in [0.4, 0.5) is 17.6 Å². The fraction of sp³-hybridized carbons (Fsp3) is 1.00. The zero-order valence-electron chi connectivity index (χ0n) is 8.38. The van der Waals surface area contributed by atoms with Gasteiger partial charge in [0.05, 0.1) is 0 Å². The second-order valence-electron chi connectivity index (χ2n) is 3.55. The molecule has 0 spiro atoms. The van der Waals surface area contributed by atoms with Crippen LogP contribution < -0.4 is 0 Å². The zero-order valence-corrected chi connectivity index (χ0v) is 10.0. The summed E-state index contributed by atoms with van der Waals surface area (Å²) in [4.78, 5) is 0. The van der Waals surface area contributed by atoms with Crippen LogP contribution in [0.25, 0.3) is 0 Å². The highest BCUT2D eigenvalue weighted by Crippen LogP contribution is 2.36. The van der Waals surface area contributed by atoms with Gasteiger partial charge in [0, 0.05) is 12.5 Å². The summed E-state index contributed by atoms with van der Waals surface area (Å²) in [5.41, 5.74) is 0. The van der Waals surface area contributed by atoms with Gasteiger partial charge in [0.25, 0.3) is 0 Å². The zero-order chi connectivity index (χ0) is 13.4. The van der Waals surface area contributed by atoms with E-state index >= 15 is 0 Å². The molecule has 0 heterocycles. The maximum absolute atomic E-state index is 12.8. The SMILES string of the molecule is CS(=O)(=O)CC(F)(F)C(F)(F)CS(C)(=O)=O. The Morgan fingerprint density at radius 1 is 0.750 bits per heavy atom. The van der Waals surface area contributed by atoms with Gasteiger partial charge < -0.3 is 0 Å². The van der Waals surface area contributed by atoms with Crippen LogP contribution in [0.5, 0.6) is 0 Å². The summed E-state index contributed by atoms with van der Waals surface area (Å²) in [6.07, 6.45) is 0.717. The lowest BCUT2D eigenvalue weighted by Crippen LogP contribution is -2.49. The van der Waals surface area contributed by atoms with Gasteiger partial charge >= 0.3 is 11.8 Å². The van der Waals surface area contributed by atoms with Crippen molar-refractivity contribution in [3.8, 4) is 0 Å². The number of sulfone groups is 2. The van der Waals surface area contributed by atoms with Gasteiger partial charge in [-0.25, -0.2) is 16.8 Å². The Balaban J connectivity index is 5.14. The van der Waals surface area contributed by atoms with Gasteiger partial charge in [0.2, 0.25) is 0 Å². The van der Waals surface area contributed by atoms with E-state index in [1.807, 2.05) is 0 Å². The molecule has 0 atom stereocenters. The number of hydrogen-bond acceptors (Lipinski definition) is 4. The summed E-state index contributed by atoms with van der Waals surface area (Å²) in [5, 5.41) is 0. The number of alkyl halides is 4. The normalized spacial score (nSPS) is 15.1. The van der Waals surface area contributed by atoms with Crippen LogP contribution >= 0.6 is 0 Å². The van der Waals surface area contributed by atoms with E-state index in [0.29, 0.717) is 12.5 Å². The van der Waals surface area contributed by atoms with E-state index < -0.39 is 43.0 Å². The molecule has 0 amide bonds.